The minimum Gasteiger partial charge on any atom is -0.375 e. The van der Waals surface area contributed by atoms with E-state index in [-0.39, 0.29) is 24.3 Å². The molecule has 1 aliphatic rings. The van der Waals surface area contributed by atoms with E-state index >= 15 is 0 Å². The molecule has 4 aromatic rings. The summed E-state index contributed by atoms with van der Waals surface area (Å²) in [6.07, 6.45) is -5.43. The molecule has 0 radical (unpaired) electrons. The first-order chi connectivity index (χ1) is 18.0. The molecule has 0 fully saturated rings. The van der Waals surface area contributed by atoms with Gasteiger partial charge >= 0.3 is 12.4 Å². The van der Waals surface area contributed by atoms with E-state index in [1.807, 2.05) is 4.57 Å². The van der Waals surface area contributed by atoms with Gasteiger partial charge in [-0.1, -0.05) is 6.07 Å². The molecule has 0 aliphatic carbocycles. The number of pyridine rings is 1. The van der Waals surface area contributed by atoms with Gasteiger partial charge in [-0.25, -0.2) is 9.37 Å². The fourth-order valence-electron chi connectivity index (χ4n) is 4.67. The van der Waals surface area contributed by atoms with E-state index < -0.39 is 35.9 Å². The van der Waals surface area contributed by atoms with E-state index in [2.05, 4.69) is 4.98 Å². The van der Waals surface area contributed by atoms with Crippen molar-refractivity contribution in [2.45, 2.75) is 37.8 Å². The highest BCUT2D eigenvalue weighted by Crippen LogP contribution is 2.41. The second-order valence-corrected chi connectivity index (χ2v) is 8.91. The van der Waals surface area contributed by atoms with Crippen LogP contribution in [-0.4, -0.2) is 21.1 Å². The second kappa shape index (κ2) is 9.86. The zero-order chi connectivity index (χ0) is 27.1. The molecular formula is C27H20F7N3O. The summed E-state index contributed by atoms with van der Waals surface area (Å²) in [4.78, 5) is 8.82. The minimum absolute atomic E-state index is 0.0165. The van der Waals surface area contributed by atoms with Gasteiger partial charge in [-0.3, -0.25) is 4.98 Å². The van der Waals surface area contributed by atoms with E-state index in [0.717, 1.165) is 23.1 Å². The number of nitrogens with zero attached hydrogens (tertiary/aromatic N) is 3. The van der Waals surface area contributed by atoms with Crippen molar-refractivity contribution in [1.29, 1.82) is 0 Å². The zero-order valence-corrected chi connectivity index (χ0v) is 19.7. The number of benzene rings is 2. The van der Waals surface area contributed by atoms with Gasteiger partial charge in [-0.2, -0.15) is 26.3 Å². The standard InChI is InChI=1S/C27H20F7N3O/c28-20-5-2-16(3-6-20)24-25(17-9-11-35-12-10-17)37-21(7-8-23(37)36-24)15-38-14-18-1-4-19(26(29,30)31)13-22(18)27(32,33)34/h1-6,9-13,21H,7-8,14-15H2/t21-/m0/s1. The molecule has 198 valence electrons. The van der Waals surface area contributed by atoms with Gasteiger partial charge < -0.3 is 9.30 Å². The van der Waals surface area contributed by atoms with Gasteiger partial charge in [0.15, 0.2) is 0 Å². The average molecular weight is 535 g/mol. The molecule has 11 heteroatoms. The van der Waals surface area contributed by atoms with Gasteiger partial charge in [0.2, 0.25) is 0 Å². The number of rotatable bonds is 6. The molecule has 0 N–H and O–H groups in total. The molecule has 0 bridgehead atoms. The van der Waals surface area contributed by atoms with Crippen LogP contribution < -0.4 is 0 Å². The third kappa shape index (κ3) is 5.15. The highest BCUT2D eigenvalue weighted by atomic mass is 19.4. The van der Waals surface area contributed by atoms with Crippen LogP contribution in [0.2, 0.25) is 0 Å². The number of fused-ring (bicyclic) bond motifs is 1. The Morgan fingerprint density at radius 2 is 1.58 bits per heavy atom. The Morgan fingerprint density at radius 3 is 2.24 bits per heavy atom. The fourth-order valence-corrected chi connectivity index (χ4v) is 4.67. The number of aromatic nitrogens is 3. The van der Waals surface area contributed by atoms with Crippen molar-refractivity contribution in [2.75, 3.05) is 6.61 Å². The summed E-state index contributed by atoms with van der Waals surface area (Å²) in [6.45, 7) is -0.495. The predicted molar refractivity (Wildman–Crippen MR) is 124 cm³/mol. The largest absolute Gasteiger partial charge is 0.416 e. The highest BCUT2D eigenvalue weighted by Gasteiger charge is 2.38. The lowest BCUT2D eigenvalue weighted by molar-refractivity contribution is -0.143. The molecule has 2 aromatic carbocycles. The van der Waals surface area contributed by atoms with Crippen LogP contribution in [0.25, 0.3) is 22.5 Å². The maximum atomic E-state index is 13.5. The van der Waals surface area contributed by atoms with Crippen molar-refractivity contribution in [3.8, 4) is 22.5 Å². The molecule has 1 aliphatic heterocycles. The lowest BCUT2D eigenvalue weighted by Crippen LogP contribution is -2.16. The number of hydrogen-bond acceptors (Lipinski definition) is 3. The normalized spacial score (nSPS) is 15.6. The maximum absolute atomic E-state index is 13.5. The number of ether oxygens (including phenoxy) is 1. The van der Waals surface area contributed by atoms with Crippen molar-refractivity contribution < 1.29 is 35.5 Å². The number of imidazole rings is 1. The first-order valence-corrected chi connectivity index (χ1v) is 11.6. The Labute approximate surface area is 212 Å². The molecule has 4 nitrogen and oxygen atoms in total. The monoisotopic (exact) mass is 535 g/mol. The van der Waals surface area contributed by atoms with Crippen LogP contribution in [0.3, 0.4) is 0 Å². The first kappa shape index (κ1) is 25.9. The number of halogens is 7. The van der Waals surface area contributed by atoms with Crippen molar-refractivity contribution in [3.05, 3.63) is 95.3 Å². The van der Waals surface area contributed by atoms with Crippen molar-refractivity contribution in [3.63, 3.8) is 0 Å². The Balaban J connectivity index is 1.43. The summed E-state index contributed by atoms with van der Waals surface area (Å²) in [7, 11) is 0. The SMILES string of the molecule is Fc1ccc(-c2nc3n(c2-c2ccncc2)[C@H](COCc2ccc(C(F)(F)F)cc2C(F)(F)F)CC3)cc1. The van der Waals surface area contributed by atoms with Crippen LogP contribution in [-0.2, 0) is 30.1 Å². The minimum atomic E-state index is -4.97. The molecule has 5 rings (SSSR count). The Kier molecular flexibility index (Phi) is 6.72. The number of hydrogen-bond donors (Lipinski definition) is 0. The van der Waals surface area contributed by atoms with Gasteiger partial charge in [0.05, 0.1) is 41.8 Å². The van der Waals surface area contributed by atoms with Crippen LogP contribution in [0.15, 0.2) is 67.0 Å². The quantitative estimate of drug-likeness (QED) is 0.240. The van der Waals surface area contributed by atoms with Crippen LogP contribution in [0.4, 0.5) is 30.7 Å². The predicted octanol–water partition coefficient (Wildman–Crippen LogP) is 7.49. The van der Waals surface area contributed by atoms with Crippen molar-refractivity contribution in [1.82, 2.24) is 14.5 Å². The highest BCUT2D eigenvalue weighted by molar-refractivity contribution is 5.79. The van der Waals surface area contributed by atoms with Gasteiger partial charge in [0.1, 0.15) is 11.6 Å². The molecule has 0 spiro atoms. The lowest BCUT2D eigenvalue weighted by atomic mass is 10.0. The summed E-state index contributed by atoms with van der Waals surface area (Å²) in [5.41, 5.74) is -0.272. The van der Waals surface area contributed by atoms with E-state index in [0.29, 0.717) is 30.2 Å². The molecule has 38 heavy (non-hydrogen) atoms. The van der Waals surface area contributed by atoms with Crippen molar-refractivity contribution in [2.24, 2.45) is 0 Å². The molecule has 0 saturated carbocycles. The number of alkyl halides is 6. The zero-order valence-electron chi connectivity index (χ0n) is 19.7. The maximum Gasteiger partial charge on any atom is 0.416 e. The Bertz CT molecular complexity index is 1430. The average Bonchev–Trinajstić information content (AvgIpc) is 3.44. The molecule has 3 heterocycles. The van der Waals surface area contributed by atoms with Gasteiger partial charge in [-0.15, -0.1) is 0 Å². The lowest BCUT2D eigenvalue weighted by Gasteiger charge is -2.19. The summed E-state index contributed by atoms with van der Waals surface area (Å²) in [5.74, 6) is 0.356. The fraction of sp³-hybridized carbons (Fsp3) is 0.259. The van der Waals surface area contributed by atoms with Crippen LogP contribution >= 0.6 is 0 Å². The van der Waals surface area contributed by atoms with Crippen LogP contribution in [0, 0.1) is 5.82 Å². The van der Waals surface area contributed by atoms with Gasteiger partial charge in [-0.05, 0) is 60.5 Å². The smallest absolute Gasteiger partial charge is 0.375 e. The van der Waals surface area contributed by atoms with E-state index in [9.17, 15) is 30.7 Å². The number of aryl methyl sites for hydroxylation is 1. The summed E-state index contributed by atoms with van der Waals surface area (Å²) < 4.78 is 101. The third-order valence-electron chi connectivity index (χ3n) is 6.43. The Hall–Kier alpha value is -3.73. The molecule has 2 aromatic heterocycles. The van der Waals surface area contributed by atoms with Crippen molar-refractivity contribution >= 4 is 0 Å². The first-order valence-electron chi connectivity index (χ1n) is 11.6. The van der Waals surface area contributed by atoms with Gasteiger partial charge in [0, 0.05) is 29.9 Å². The van der Waals surface area contributed by atoms with E-state index in [1.54, 1.807) is 36.7 Å². The van der Waals surface area contributed by atoms with Gasteiger partial charge in [0.25, 0.3) is 0 Å². The van der Waals surface area contributed by atoms with Crippen LogP contribution in [0.5, 0.6) is 0 Å². The molecule has 0 saturated heterocycles. The summed E-state index contributed by atoms with van der Waals surface area (Å²) in [6, 6.07) is 10.7. The molecule has 0 unspecified atom stereocenters. The molecular weight excluding hydrogens is 515 g/mol. The summed E-state index contributed by atoms with van der Waals surface area (Å²) in [5, 5.41) is 0. The molecule has 0 amide bonds. The second-order valence-electron chi connectivity index (χ2n) is 8.91. The Morgan fingerprint density at radius 1 is 0.868 bits per heavy atom. The van der Waals surface area contributed by atoms with Crippen LogP contribution in [0.1, 0.15) is 35.0 Å². The summed E-state index contributed by atoms with van der Waals surface area (Å²) >= 11 is 0. The topological polar surface area (TPSA) is 39.9 Å². The third-order valence-corrected chi connectivity index (χ3v) is 6.43. The van der Waals surface area contributed by atoms with E-state index in [1.165, 1.54) is 12.1 Å². The van der Waals surface area contributed by atoms with E-state index in [4.69, 9.17) is 9.72 Å². The molecule has 1 atom stereocenters.